The van der Waals surface area contributed by atoms with E-state index in [-0.39, 0.29) is 43.7 Å². The third-order valence-electron chi connectivity index (χ3n) is 13.6. The third-order valence-corrected chi connectivity index (χ3v) is 15.8. The topological polar surface area (TPSA) is 27.3 Å². The molecule has 1 aliphatic heterocycles. The Morgan fingerprint density at radius 1 is 0.477 bits per heavy atom. The van der Waals surface area contributed by atoms with E-state index in [1.54, 1.807) is 0 Å². The molecule has 8 aromatic carbocycles. The van der Waals surface area contributed by atoms with E-state index in [0.29, 0.717) is 0 Å². The maximum Gasteiger partial charge on any atom is 0.494 e. The maximum absolute atomic E-state index is 6.36. The smallest absolute Gasteiger partial charge is 0.494 e. The van der Waals surface area contributed by atoms with Gasteiger partial charge in [0.05, 0.1) is 44.3 Å². The summed E-state index contributed by atoms with van der Waals surface area (Å²) < 4.78 is 21.1. The molecule has 5 heterocycles. The van der Waals surface area contributed by atoms with E-state index in [1.165, 1.54) is 102 Å². The number of rotatable bonds is 2. The number of aryl methyl sites for hydroxylation is 2. The molecule has 9 heteroatoms. The summed E-state index contributed by atoms with van der Waals surface area (Å²) >= 11 is 9.30. The minimum atomic E-state index is -0.361. The van der Waals surface area contributed by atoms with Gasteiger partial charge in [-0.15, -0.1) is 0 Å². The fourth-order valence-electron chi connectivity index (χ4n) is 9.75. The molecule has 0 amide bonds. The Morgan fingerprint density at radius 2 is 0.846 bits per heavy atom. The average molecular weight is 1200 g/mol. The largest absolute Gasteiger partial charge is 1.00 e. The van der Waals surface area contributed by atoms with E-state index < -0.39 is 0 Å². The molecule has 0 bridgehead atoms. The minimum Gasteiger partial charge on any atom is -1.00 e. The summed E-state index contributed by atoms with van der Waals surface area (Å²) in [5, 5.41) is 10.4. The van der Waals surface area contributed by atoms with Gasteiger partial charge in [0, 0.05) is 55.6 Å². The van der Waals surface area contributed by atoms with Gasteiger partial charge in [-0.2, -0.15) is 0 Å². The van der Waals surface area contributed by atoms with E-state index in [4.69, 9.17) is 9.31 Å². The molecule has 324 valence electrons. The molecule has 0 spiro atoms. The van der Waals surface area contributed by atoms with Crippen molar-refractivity contribution in [2.75, 3.05) is 0 Å². The molecule has 12 aromatic rings. The van der Waals surface area contributed by atoms with Gasteiger partial charge in [-0.1, -0.05) is 123 Å². The Balaban J connectivity index is 0.000000137. The monoisotopic (exact) mass is 1200 g/mol. The molecule has 0 aliphatic carbocycles. The van der Waals surface area contributed by atoms with Crippen LogP contribution < -0.4 is 29.4 Å². The molecule has 0 radical (unpaired) electrons. The van der Waals surface area contributed by atoms with Crippen molar-refractivity contribution in [3.8, 4) is 11.1 Å². The van der Waals surface area contributed by atoms with Crippen molar-refractivity contribution in [3.63, 3.8) is 0 Å². The number of hydrogen-bond acceptors (Lipinski definition) is 2. The van der Waals surface area contributed by atoms with Crippen LogP contribution in [0.15, 0.2) is 167 Å². The zero-order chi connectivity index (χ0) is 44.2. The molecular formula is C56H45BBr2I2N2O2-2. The van der Waals surface area contributed by atoms with Gasteiger partial charge < -0.3 is 43.5 Å². The predicted octanol–water partition coefficient (Wildman–Crippen LogP) is 13.2. The highest BCUT2D eigenvalue weighted by Crippen LogP contribution is 2.43. The third kappa shape index (κ3) is 7.35. The first-order valence-corrected chi connectivity index (χ1v) is 24.3. The van der Waals surface area contributed by atoms with Gasteiger partial charge in [-0.05, 0) is 159 Å². The van der Waals surface area contributed by atoms with Crippen LogP contribution in [0, 0.1) is 17.4 Å². The van der Waals surface area contributed by atoms with Crippen LogP contribution in [0.2, 0.25) is 0 Å². The summed E-state index contributed by atoms with van der Waals surface area (Å²) in [6.45, 7) is 12.7. The Kier molecular flexibility index (Phi) is 11.5. The zero-order valence-corrected chi connectivity index (χ0v) is 44.3. The standard InChI is InChI=1S/C25H16BrN.C24H22BNO2.C7H6BrI.HI.H/c1-15-12-17(26)10-11-18(15)16-13-21-19-6-2-4-8-23(19)27-24-9-5-3-7-20(24)22(14-16)25(21)27;1-23(2)24(3,4)28-25(27-23)15-13-18-16-9-5-7-11-20(16)26-21-12-8-6-10-17(21)19(14-15)22(18)26;1-5-4-6(8)2-3-7(5)9;;/h2-14H,1H3;5-14H,1-4H3;2-4H,1H3;1H;/q;;;;-1/p-1. The first-order chi connectivity index (χ1) is 30.8. The number of halogens is 4. The summed E-state index contributed by atoms with van der Waals surface area (Å²) in [6, 6.07) is 56.8. The van der Waals surface area contributed by atoms with Gasteiger partial charge in [-0.25, -0.2) is 0 Å². The van der Waals surface area contributed by atoms with Gasteiger partial charge in [0.15, 0.2) is 0 Å². The average Bonchev–Trinajstić information content (AvgIpc) is 4.05. The van der Waals surface area contributed by atoms with E-state index in [2.05, 4.69) is 263 Å². The van der Waals surface area contributed by atoms with Crippen LogP contribution in [0.5, 0.6) is 0 Å². The number of nitrogens with zero attached hydrogens (tertiary/aromatic N) is 2. The molecule has 0 atom stereocenters. The summed E-state index contributed by atoms with van der Waals surface area (Å²) in [5.74, 6) is 0. The Bertz CT molecular complexity index is 3610. The van der Waals surface area contributed by atoms with Gasteiger partial charge in [0.1, 0.15) is 0 Å². The molecule has 1 saturated heterocycles. The molecule has 1 aliphatic rings. The second kappa shape index (κ2) is 16.8. The van der Waals surface area contributed by atoms with Crippen molar-refractivity contribution < 1.29 is 34.7 Å². The predicted molar refractivity (Wildman–Crippen MR) is 288 cm³/mol. The van der Waals surface area contributed by atoms with Crippen LogP contribution in [-0.4, -0.2) is 27.1 Å². The van der Waals surface area contributed by atoms with Gasteiger partial charge in [0.25, 0.3) is 0 Å². The second-order valence-electron chi connectivity index (χ2n) is 18.1. The highest BCUT2D eigenvalue weighted by Gasteiger charge is 2.52. The minimum absolute atomic E-state index is 0. The van der Waals surface area contributed by atoms with Crippen molar-refractivity contribution in [3.05, 3.63) is 181 Å². The molecule has 0 unspecified atom stereocenters. The highest BCUT2D eigenvalue weighted by atomic mass is 127. The fourth-order valence-corrected chi connectivity index (χ4v) is 11.0. The molecule has 0 saturated carbocycles. The maximum atomic E-state index is 6.36. The summed E-state index contributed by atoms with van der Waals surface area (Å²) in [7, 11) is -0.361. The van der Waals surface area contributed by atoms with Gasteiger partial charge >= 0.3 is 7.12 Å². The first-order valence-electron chi connectivity index (χ1n) is 21.7. The van der Waals surface area contributed by atoms with Gasteiger partial charge in [-0.3, -0.25) is 0 Å². The SMILES string of the molecule is CC1(C)OB(c2cc3c4ccccc4n4c5ccccc5c(c2)c34)OC1(C)C.Cc1cc(Br)ccc1-c1cc2c3ccccc3n3c4ccccc4c(c1)c23.Cc1cc(Br)ccc1I.[H-].[I-]. The molecule has 4 nitrogen and oxygen atoms in total. The van der Waals surface area contributed by atoms with Crippen LogP contribution >= 0.6 is 54.5 Å². The lowest BCUT2D eigenvalue weighted by atomic mass is 9.77. The number of aromatic nitrogens is 2. The van der Waals surface area contributed by atoms with Crippen LogP contribution in [-0.2, 0) is 9.31 Å². The van der Waals surface area contributed by atoms with Crippen LogP contribution in [0.25, 0.3) is 87.3 Å². The van der Waals surface area contributed by atoms with E-state index in [0.717, 1.165) is 14.4 Å². The summed E-state index contributed by atoms with van der Waals surface area (Å²) in [6.07, 6.45) is 0. The highest BCUT2D eigenvalue weighted by molar-refractivity contribution is 14.1. The number of para-hydroxylation sites is 4. The lowest BCUT2D eigenvalue weighted by Gasteiger charge is -2.32. The number of benzene rings is 8. The van der Waals surface area contributed by atoms with Crippen LogP contribution in [0.3, 0.4) is 0 Å². The zero-order valence-electron chi connectivity index (χ0n) is 37.8. The Labute approximate surface area is 428 Å². The Morgan fingerprint density at radius 3 is 1.23 bits per heavy atom. The van der Waals surface area contributed by atoms with Crippen molar-refractivity contribution >= 4 is 143 Å². The summed E-state index contributed by atoms with van der Waals surface area (Å²) in [4.78, 5) is 0. The van der Waals surface area contributed by atoms with Gasteiger partial charge in [0.2, 0.25) is 0 Å². The molecule has 0 N–H and O–H groups in total. The van der Waals surface area contributed by atoms with Crippen molar-refractivity contribution in [2.24, 2.45) is 0 Å². The second-order valence-corrected chi connectivity index (χ2v) is 21.1. The quantitative estimate of drug-likeness (QED) is 0.127. The molecule has 1 fully saturated rings. The summed E-state index contributed by atoms with van der Waals surface area (Å²) in [5.41, 5.74) is 13.2. The fraction of sp³-hybridized carbons (Fsp3) is 0.143. The molecule has 65 heavy (non-hydrogen) atoms. The van der Waals surface area contributed by atoms with Crippen LogP contribution in [0.1, 0.15) is 40.2 Å². The Hall–Kier alpha value is -4.24. The van der Waals surface area contributed by atoms with E-state index in [9.17, 15) is 0 Å². The van der Waals surface area contributed by atoms with E-state index in [1.807, 2.05) is 0 Å². The first kappa shape index (κ1) is 44.6. The molecule has 13 rings (SSSR count). The number of hydrogen-bond donors (Lipinski definition) is 0. The van der Waals surface area contributed by atoms with Crippen molar-refractivity contribution in [2.45, 2.75) is 52.7 Å². The van der Waals surface area contributed by atoms with E-state index >= 15 is 0 Å². The van der Waals surface area contributed by atoms with Crippen molar-refractivity contribution in [1.82, 2.24) is 8.80 Å². The molecule has 4 aromatic heterocycles. The number of fused-ring (bicyclic) bond motifs is 12. The normalized spacial score (nSPS) is 14.5. The van der Waals surface area contributed by atoms with Crippen molar-refractivity contribution in [1.29, 1.82) is 0 Å². The van der Waals surface area contributed by atoms with Crippen LogP contribution in [0.4, 0.5) is 0 Å². The lowest BCUT2D eigenvalue weighted by Crippen LogP contribution is -3.00. The molecular weight excluding hydrogens is 1160 g/mol. The lowest BCUT2D eigenvalue weighted by molar-refractivity contribution is -0.0000149.